The van der Waals surface area contributed by atoms with Gasteiger partial charge in [0.05, 0.1) is 12.1 Å². The fourth-order valence-corrected chi connectivity index (χ4v) is 2.04. The molecule has 2 nitrogen and oxygen atoms in total. The lowest BCUT2D eigenvalue weighted by Crippen LogP contribution is -2.23. The molecule has 1 atom stereocenters. The molecule has 1 N–H and O–H groups in total. The van der Waals surface area contributed by atoms with Crippen molar-refractivity contribution in [3.05, 3.63) is 28.8 Å². The number of alkyl halides is 1. The highest BCUT2D eigenvalue weighted by Gasteiger charge is 2.35. The van der Waals surface area contributed by atoms with E-state index in [0.29, 0.717) is 35.8 Å². The molecule has 82 valence electrons. The Morgan fingerprint density at radius 3 is 2.93 bits per heavy atom. The maximum Gasteiger partial charge on any atom is 0.149 e. The van der Waals surface area contributed by atoms with Crippen LogP contribution >= 0.6 is 11.6 Å². The smallest absolute Gasteiger partial charge is 0.149 e. The first-order valence-corrected chi connectivity index (χ1v) is 5.27. The minimum atomic E-state index is -1.28. The third-order valence-electron chi connectivity index (χ3n) is 2.77. The van der Waals surface area contributed by atoms with Crippen molar-refractivity contribution in [1.29, 1.82) is 0 Å². The Bertz CT molecular complexity index is 364. The van der Waals surface area contributed by atoms with Gasteiger partial charge < -0.3 is 10.1 Å². The Balaban J connectivity index is 2.36. The van der Waals surface area contributed by atoms with Crippen LogP contribution in [-0.4, -0.2) is 20.2 Å². The Morgan fingerprint density at radius 2 is 2.33 bits per heavy atom. The third kappa shape index (κ3) is 1.94. The van der Waals surface area contributed by atoms with Crippen molar-refractivity contribution in [1.82, 2.24) is 5.32 Å². The standard InChI is InChI=1S/C11H13ClFNO/c1-15-10-6-8(2-3-9(10)12)11(13)4-5-14-7-11/h2-3,6,14H,4-5,7H2,1H3. The molecule has 1 aliphatic rings. The molecule has 1 fully saturated rings. The summed E-state index contributed by atoms with van der Waals surface area (Å²) in [7, 11) is 1.53. The lowest BCUT2D eigenvalue weighted by Gasteiger charge is -2.19. The molecule has 0 spiro atoms. The number of rotatable bonds is 2. The van der Waals surface area contributed by atoms with Crippen LogP contribution in [0.3, 0.4) is 0 Å². The summed E-state index contributed by atoms with van der Waals surface area (Å²) in [6.45, 7) is 1.07. The molecular formula is C11H13ClFNO. The Labute approximate surface area is 93.4 Å². The van der Waals surface area contributed by atoms with Crippen LogP contribution in [0.15, 0.2) is 18.2 Å². The molecule has 0 aliphatic carbocycles. The summed E-state index contributed by atoms with van der Waals surface area (Å²) in [6, 6.07) is 5.07. The Morgan fingerprint density at radius 1 is 1.53 bits per heavy atom. The number of hydrogen-bond donors (Lipinski definition) is 1. The number of nitrogens with one attached hydrogen (secondary N) is 1. The molecule has 0 radical (unpaired) electrons. The molecule has 1 aliphatic heterocycles. The summed E-state index contributed by atoms with van der Waals surface area (Å²) in [5, 5.41) is 3.52. The zero-order valence-electron chi connectivity index (χ0n) is 8.52. The highest BCUT2D eigenvalue weighted by molar-refractivity contribution is 6.32. The van der Waals surface area contributed by atoms with E-state index in [0.717, 1.165) is 0 Å². The van der Waals surface area contributed by atoms with Crippen LogP contribution < -0.4 is 10.1 Å². The maximum atomic E-state index is 14.3. The number of benzene rings is 1. The SMILES string of the molecule is COc1cc(C2(F)CCNC2)ccc1Cl. The van der Waals surface area contributed by atoms with Crippen molar-refractivity contribution in [3.8, 4) is 5.75 Å². The van der Waals surface area contributed by atoms with Gasteiger partial charge in [0.2, 0.25) is 0 Å². The molecule has 1 heterocycles. The Hall–Kier alpha value is -0.800. The summed E-state index contributed by atoms with van der Waals surface area (Å²) in [4.78, 5) is 0. The average molecular weight is 230 g/mol. The molecule has 0 bridgehead atoms. The van der Waals surface area contributed by atoms with Gasteiger partial charge in [-0.25, -0.2) is 4.39 Å². The van der Waals surface area contributed by atoms with Gasteiger partial charge in [0.25, 0.3) is 0 Å². The summed E-state index contributed by atoms with van der Waals surface area (Å²) in [6.07, 6.45) is 0.498. The van der Waals surface area contributed by atoms with E-state index < -0.39 is 5.67 Å². The zero-order valence-corrected chi connectivity index (χ0v) is 9.27. The molecule has 2 rings (SSSR count). The number of hydrogen-bond acceptors (Lipinski definition) is 2. The van der Waals surface area contributed by atoms with Gasteiger partial charge in [-0.05, 0) is 30.7 Å². The van der Waals surface area contributed by atoms with Crippen LogP contribution in [0.2, 0.25) is 5.02 Å². The topological polar surface area (TPSA) is 21.3 Å². The van der Waals surface area contributed by atoms with Gasteiger partial charge in [-0.15, -0.1) is 0 Å². The minimum Gasteiger partial charge on any atom is -0.495 e. The predicted molar refractivity (Wildman–Crippen MR) is 58.3 cm³/mol. The molecule has 1 saturated heterocycles. The van der Waals surface area contributed by atoms with Gasteiger partial charge in [0.1, 0.15) is 11.4 Å². The van der Waals surface area contributed by atoms with Crippen LogP contribution in [-0.2, 0) is 5.67 Å². The van der Waals surface area contributed by atoms with Gasteiger partial charge in [0, 0.05) is 6.54 Å². The van der Waals surface area contributed by atoms with Crippen LogP contribution in [0, 0.1) is 0 Å². The van der Waals surface area contributed by atoms with Crippen molar-refractivity contribution < 1.29 is 9.13 Å². The van der Waals surface area contributed by atoms with Crippen molar-refractivity contribution in [3.63, 3.8) is 0 Å². The second kappa shape index (κ2) is 3.99. The highest BCUT2D eigenvalue weighted by atomic mass is 35.5. The van der Waals surface area contributed by atoms with E-state index in [4.69, 9.17) is 16.3 Å². The summed E-state index contributed by atoms with van der Waals surface area (Å²) >= 11 is 5.89. The number of methoxy groups -OCH3 is 1. The molecular weight excluding hydrogens is 217 g/mol. The van der Waals surface area contributed by atoms with Gasteiger partial charge in [-0.2, -0.15) is 0 Å². The van der Waals surface area contributed by atoms with Crippen molar-refractivity contribution in [2.45, 2.75) is 12.1 Å². The average Bonchev–Trinajstić information content (AvgIpc) is 2.67. The van der Waals surface area contributed by atoms with Gasteiger partial charge in [0.15, 0.2) is 0 Å². The van der Waals surface area contributed by atoms with Crippen LogP contribution in [0.1, 0.15) is 12.0 Å². The quantitative estimate of drug-likeness (QED) is 0.842. The predicted octanol–water partition coefficient (Wildman–Crippen LogP) is 2.51. The monoisotopic (exact) mass is 229 g/mol. The second-order valence-corrected chi connectivity index (χ2v) is 4.15. The van der Waals surface area contributed by atoms with E-state index in [1.807, 2.05) is 0 Å². The molecule has 0 aromatic heterocycles. The number of halogens is 2. The minimum absolute atomic E-state index is 0.359. The van der Waals surface area contributed by atoms with Crippen molar-refractivity contribution >= 4 is 11.6 Å². The van der Waals surface area contributed by atoms with E-state index in [2.05, 4.69) is 5.32 Å². The molecule has 1 aromatic carbocycles. The normalized spacial score (nSPS) is 25.5. The molecule has 15 heavy (non-hydrogen) atoms. The first-order chi connectivity index (χ1) is 7.15. The lowest BCUT2D eigenvalue weighted by atomic mass is 9.95. The largest absolute Gasteiger partial charge is 0.495 e. The first kappa shape index (κ1) is 10.7. The second-order valence-electron chi connectivity index (χ2n) is 3.74. The summed E-state index contributed by atoms with van der Waals surface area (Å²) in [5.41, 5.74) is -0.647. The summed E-state index contributed by atoms with van der Waals surface area (Å²) < 4.78 is 19.4. The highest BCUT2D eigenvalue weighted by Crippen LogP contribution is 2.36. The van der Waals surface area contributed by atoms with Crippen LogP contribution in [0.5, 0.6) is 5.75 Å². The third-order valence-corrected chi connectivity index (χ3v) is 3.08. The van der Waals surface area contributed by atoms with Gasteiger partial charge in [-0.1, -0.05) is 17.7 Å². The van der Waals surface area contributed by atoms with E-state index in [1.165, 1.54) is 7.11 Å². The molecule has 0 amide bonds. The zero-order chi connectivity index (χ0) is 10.9. The summed E-state index contributed by atoms with van der Waals surface area (Å²) in [5.74, 6) is 0.526. The fourth-order valence-electron chi connectivity index (χ4n) is 1.85. The first-order valence-electron chi connectivity index (χ1n) is 4.89. The molecule has 1 unspecified atom stereocenters. The van der Waals surface area contributed by atoms with E-state index in [1.54, 1.807) is 18.2 Å². The van der Waals surface area contributed by atoms with Gasteiger partial charge >= 0.3 is 0 Å². The van der Waals surface area contributed by atoms with E-state index in [9.17, 15) is 4.39 Å². The van der Waals surface area contributed by atoms with E-state index >= 15 is 0 Å². The van der Waals surface area contributed by atoms with Crippen molar-refractivity contribution in [2.75, 3.05) is 20.2 Å². The Kier molecular flexibility index (Phi) is 2.85. The van der Waals surface area contributed by atoms with E-state index in [-0.39, 0.29) is 0 Å². The number of ether oxygens (including phenoxy) is 1. The van der Waals surface area contributed by atoms with Crippen LogP contribution in [0.25, 0.3) is 0 Å². The molecule has 4 heteroatoms. The van der Waals surface area contributed by atoms with Gasteiger partial charge in [-0.3, -0.25) is 0 Å². The van der Waals surface area contributed by atoms with Crippen molar-refractivity contribution in [2.24, 2.45) is 0 Å². The molecule has 1 aromatic rings. The van der Waals surface area contributed by atoms with Crippen LogP contribution in [0.4, 0.5) is 4.39 Å². The fraction of sp³-hybridized carbons (Fsp3) is 0.455. The lowest BCUT2D eigenvalue weighted by molar-refractivity contribution is 0.193. The maximum absolute atomic E-state index is 14.3. The molecule has 0 saturated carbocycles.